The third kappa shape index (κ3) is 5.96. The topological polar surface area (TPSA) is 207 Å². The summed E-state index contributed by atoms with van der Waals surface area (Å²) in [6, 6.07) is -1.82. The molecule has 1 heterocycles. The zero-order valence-electron chi connectivity index (χ0n) is 12.6. The number of guanidine groups is 1. The molecule has 0 spiro atoms. The van der Waals surface area contributed by atoms with Gasteiger partial charge in [0.05, 0.1) is 6.04 Å². The Morgan fingerprint density at radius 1 is 1.43 bits per heavy atom. The van der Waals surface area contributed by atoms with Crippen LogP contribution in [-0.2, 0) is 9.59 Å². The van der Waals surface area contributed by atoms with Gasteiger partial charge in [-0.1, -0.05) is 0 Å². The average molecular weight is 332 g/mol. The molecule has 12 nitrogen and oxygen atoms in total. The van der Waals surface area contributed by atoms with Gasteiger partial charge in [0.1, 0.15) is 6.04 Å². The summed E-state index contributed by atoms with van der Waals surface area (Å²) in [6.07, 6.45) is 1.10. The summed E-state index contributed by atoms with van der Waals surface area (Å²) >= 11 is 0. The van der Waals surface area contributed by atoms with E-state index in [0.717, 1.165) is 0 Å². The lowest BCUT2D eigenvalue weighted by Gasteiger charge is -2.25. The van der Waals surface area contributed by atoms with E-state index >= 15 is 0 Å². The minimum Gasteiger partial charge on any atom is -0.368 e. The van der Waals surface area contributed by atoms with Crippen LogP contribution < -0.4 is 27.9 Å². The Balaban J connectivity index is 2.36. The molecule has 1 aliphatic heterocycles. The van der Waals surface area contributed by atoms with Crippen molar-refractivity contribution in [2.75, 3.05) is 13.1 Å². The van der Waals surface area contributed by atoms with Crippen molar-refractivity contribution < 1.29 is 20.0 Å². The van der Waals surface area contributed by atoms with Crippen LogP contribution in [0.1, 0.15) is 19.3 Å². The standard InChI is InChI=1S/C11H24N8O4/c12-6-4-8(9(14)20)18(5-6)10(21)7(13)2-1-3-16-11(15)17-19(22)23/h6-8,22-23H,1-5,12-13H2,(H2,14,20)(H3,15,16,17). The Bertz CT molecular complexity index is 446. The molecule has 3 atom stereocenters. The van der Waals surface area contributed by atoms with Gasteiger partial charge < -0.3 is 27.4 Å². The SMILES string of the molecule is N=C(NCCCC(N)C(=O)N1CC(N)CC1C(N)=O)NN(O)O. The number of likely N-dealkylation sites (tertiary alicyclic amines) is 1. The van der Waals surface area contributed by atoms with E-state index < -0.39 is 18.0 Å². The van der Waals surface area contributed by atoms with Crippen LogP contribution in [0.25, 0.3) is 0 Å². The lowest BCUT2D eigenvalue weighted by atomic mass is 10.1. The maximum absolute atomic E-state index is 12.3. The van der Waals surface area contributed by atoms with Gasteiger partial charge >= 0.3 is 0 Å². The summed E-state index contributed by atoms with van der Waals surface area (Å²) in [6.45, 7) is 0.537. The number of hydrogen-bond acceptors (Lipinski definition) is 8. The predicted octanol–water partition coefficient (Wildman–Crippen LogP) is -3.38. The van der Waals surface area contributed by atoms with Gasteiger partial charge in [-0.15, -0.1) is 0 Å². The van der Waals surface area contributed by atoms with Crippen LogP contribution in [0.4, 0.5) is 0 Å². The smallest absolute Gasteiger partial charge is 0.240 e. The maximum atomic E-state index is 12.3. The molecule has 0 bridgehead atoms. The van der Waals surface area contributed by atoms with Crippen molar-refractivity contribution in [3.63, 3.8) is 0 Å². The van der Waals surface area contributed by atoms with Gasteiger partial charge in [0.15, 0.2) is 0 Å². The number of nitrogens with zero attached hydrogens (tertiary/aromatic N) is 2. The molecule has 0 radical (unpaired) electrons. The van der Waals surface area contributed by atoms with Crippen LogP contribution in [-0.4, -0.2) is 69.6 Å². The molecule has 0 aromatic heterocycles. The van der Waals surface area contributed by atoms with Crippen molar-refractivity contribution in [2.24, 2.45) is 17.2 Å². The maximum Gasteiger partial charge on any atom is 0.240 e. The van der Waals surface area contributed by atoms with E-state index in [0.29, 0.717) is 25.8 Å². The Morgan fingerprint density at radius 2 is 2.09 bits per heavy atom. The van der Waals surface area contributed by atoms with Gasteiger partial charge in [-0.25, -0.2) is 5.43 Å². The zero-order valence-corrected chi connectivity index (χ0v) is 12.6. The molecule has 1 saturated heterocycles. The first-order valence-corrected chi connectivity index (χ1v) is 7.10. The third-order valence-electron chi connectivity index (χ3n) is 3.47. The molecule has 0 saturated carbocycles. The monoisotopic (exact) mass is 332 g/mol. The summed E-state index contributed by atoms with van der Waals surface area (Å²) in [5, 5.41) is 26.3. The normalized spacial score (nSPS) is 22.0. The molecule has 132 valence electrons. The Morgan fingerprint density at radius 3 is 2.65 bits per heavy atom. The van der Waals surface area contributed by atoms with Gasteiger partial charge in [0.2, 0.25) is 17.8 Å². The summed E-state index contributed by atoms with van der Waals surface area (Å²) < 4.78 is 0. The van der Waals surface area contributed by atoms with Crippen molar-refractivity contribution in [3.05, 3.63) is 0 Å². The van der Waals surface area contributed by atoms with Crippen molar-refractivity contribution >= 4 is 17.8 Å². The summed E-state index contributed by atoms with van der Waals surface area (Å²) in [5.74, 6) is -1.31. The summed E-state index contributed by atoms with van der Waals surface area (Å²) in [7, 11) is 0. The minimum absolute atomic E-state index is 0.246. The van der Waals surface area contributed by atoms with Gasteiger partial charge in [-0.3, -0.25) is 25.4 Å². The lowest BCUT2D eigenvalue weighted by molar-refractivity contribution is -0.330. The van der Waals surface area contributed by atoms with Crippen LogP contribution in [0.5, 0.6) is 0 Å². The second-order valence-corrected chi connectivity index (χ2v) is 5.36. The Kier molecular flexibility index (Phi) is 7.12. The van der Waals surface area contributed by atoms with E-state index in [1.54, 1.807) is 0 Å². The highest BCUT2D eigenvalue weighted by atomic mass is 16.8. The number of nitrogens with one attached hydrogen (secondary N) is 3. The minimum atomic E-state index is -0.807. The van der Waals surface area contributed by atoms with Crippen LogP contribution in [0.2, 0.25) is 0 Å². The quantitative estimate of drug-likeness (QED) is 0.101. The summed E-state index contributed by atoms with van der Waals surface area (Å²) in [5.41, 5.74) is 18.7. The highest BCUT2D eigenvalue weighted by molar-refractivity contribution is 5.89. The highest BCUT2D eigenvalue weighted by Gasteiger charge is 2.38. The number of hydrogen-bond donors (Lipinski definition) is 8. The Labute approximate surface area is 132 Å². The average Bonchev–Trinajstić information content (AvgIpc) is 2.84. The van der Waals surface area contributed by atoms with Crippen LogP contribution in [0, 0.1) is 5.41 Å². The van der Waals surface area contributed by atoms with Gasteiger partial charge in [0, 0.05) is 24.5 Å². The fourth-order valence-corrected chi connectivity index (χ4v) is 2.39. The van der Waals surface area contributed by atoms with E-state index in [4.69, 9.17) is 33.0 Å². The fourth-order valence-electron chi connectivity index (χ4n) is 2.39. The number of hydrazine groups is 1. The molecule has 3 unspecified atom stereocenters. The number of primary amides is 1. The van der Waals surface area contributed by atoms with Crippen molar-refractivity contribution in [1.82, 2.24) is 21.0 Å². The lowest BCUT2D eigenvalue weighted by Crippen LogP contribution is -2.50. The molecular weight excluding hydrogens is 308 g/mol. The second kappa shape index (κ2) is 8.59. The van der Waals surface area contributed by atoms with E-state index in [9.17, 15) is 9.59 Å². The molecule has 0 aromatic rings. The van der Waals surface area contributed by atoms with Gasteiger partial charge in [-0.05, 0) is 19.3 Å². The molecule has 0 aromatic carbocycles. The first kappa shape index (κ1) is 19.1. The second-order valence-electron chi connectivity index (χ2n) is 5.36. The van der Waals surface area contributed by atoms with E-state index in [-0.39, 0.29) is 29.8 Å². The molecule has 1 aliphatic rings. The largest absolute Gasteiger partial charge is 0.368 e. The number of nitrogens with two attached hydrogens (primary N) is 3. The van der Waals surface area contributed by atoms with Crippen molar-refractivity contribution in [3.8, 4) is 0 Å². The first-order valence-electron chi connectivity index (χ1n) is 7.10. The van der Waals surface area contributed by atoms with Gasteiger partial charge in [-0.2, -0.15) is 0 Å². The summed E-state index contributed by atoms with van der Waals surface area (Å²) in [4.78, 5) is 24.9. The molecule has 1 fully saturated rings. The molecule has 0 aliphatic carbocycles. The van der Waals surface area contributed by atoms with E-state index in [2.05, 4.69) is 5.32 Å². The molecule has 12 heteroatoms. The van der Waals surface area contributed by atoms with E-state index in [1.165, 1.54) is 4.90 Å². The molecule has 23 heavy (non-hydrogen) atoms. The van der Waals surface area contributed by atoms with Crippen molar-refractivity contribution in [2.45, 2.75) is 37.4 Å². The predicted molar refractivity (Wildman–Crippen MR) is 78.8 cm³/mol. The van der Waals surface area contributed by atoms with Crippen molar-refractivity contribution in [1.29, 1.82) is 5.41 Å². The van der Waals surface area contributed by atoms with E-state index in [1.807, 2.05) is 5.43 Å². The van der Waals surface area contributed by atoms with Crippen LogP contribution in [0.15, 0.2) is 0 Å². The molecule has 1 rings (SSSR count). The number of amides is 2. The fraction of sp³-hybridized carbons (Fsp3) is 0.727. The number of rotatable bonds is 7. The zero-order chi connectivity index (χ0) is 17.6. The van der Waals surface area contributed by atoms with Crippen LogP contribution >= 0.6 is 0 Å². The van der Waals surface area contributed by atoms with Gasteiger partial charge in [0.25, 0.3) is 0 Å². The molecule has 11 N–H and O–H groups in total. The molecular formula is C11H24N8O4. The Hall–Kier alpha value is -1.99. The third-order valence-corrected chi connectivity index (χ3v) is 3.47. The number of carbonyl (C=O) groups is 2. The van der Waals surface area contributed by atoms with Crippen LogP contribution in [0.3, 0.4) is 0 Å². The number of carbonyl (C=O) groups excluding carboxylic acids is 2. The highest BCUT2D eigenvalue weighted by Crippen LogP contribution is 2.17. The molecule has 2 amide bonds. The first-order chi connectivity index (χ1) is 10.7.